The van der Waals surface area contributed by atoms with E-state index in [-0.39, 0.29) is 0 Å². The van der Waals surface area contributed by atoms with Gasteiger partial charge in [0.25, 0.3) is 0 Å². The minimum atomic E-state index is 0.741. The summed E-state index contributed by atoms with van der Waals surface area (Å²) < 4.78 is 2.09. The van der Waals surface area contributed by atoms with Gasteiger partial charge in [0.15, 0.2) is 5.82 Å². The molecule has 0 unspecified atom stereocenters. The van der Waals surface area contributed by atoms with Gasteiger partial charge in [-0.2, -0.15) is 0 Å². The van der Waals surface area contributed by atoms with Crippen molar-refractivity contribution < 1.29 is 0 Å². The van der Waals surface area contributed by atoms with Crippen LogP contribution in [0.15, 0.2) is 6.33 Å². The molecule has 1 aliphatic rings. The van der Waals surface area contributed by atoms with Crippen molar-refractivity contribution in [3.63, 3.8) is 0 Å². The van der Waals surface area contributed by atoms with E-state index in [1.54, 1.807) is 6.33 Å². The van der Waals surface area contributed by atoms with Crippen LogP contribution in [0.4, 0.5) is 11.6 Å². The highest BCUT2D eigenvalue weighted by molar-refractivity contribution is 5.58. The lowest BCUT2D eigenvalue weighted by atomic mass is 10.2. The topological polar surface area (TPSA) is 71.8 Å². The fraction of sp³-hybridized carbons (Fsp3) is 0.571. The molecule has 7 nitrogen and oxygen atoms in total. The Hall–Kier alpha value is -2.18. The number of anilines is 2. The maximum absolute atomic E-state index is 4.64. The van der Waals surface area contributed by atoms with Crippen LogP contribution in [-0.4, -0.2) is 37.8 Å². The standard InChI is InChI=1S/C14H21N7/c1-4-5-15-13-10(2)14(18-11(3)17-13)20-6-7-21-9-16-19-12(21)8-20/h9H,4-8H2,1-3H3,(H,15,17,18). The van der Waals surface area contributed by atoms with Gasteiger partial charge in [-0.15, -0.1) is 10.2 Å². The molecular formula is C14H21N7. The number of fused-ring (bicyclic) bond motifs is 1. The summed E-state index contributed by atoms with van der Waals surface area (Å²) in [5, 5.41) is 11.5. The number of rotatable bonds is 4. The fourth-order valence-corrected chi connectivity index (χ4v) is 2.58. The van der Waals surface area contributed by atoms with Crippen molar-refractivity contribution in [1.82, 2.24) is 24.7 Å². The lowest BCUT2D eigenvalue weighted by Crippen LogP contribution is -2.35. The molecule has 2 aromatic heterocycles. The largest absolute Gasteiger partial charge is 0.370 e. The van der Waals surface area contributed by atoms with Gasteiger partial charge in [-0.25, -0.2) is 9.97 Å². The summed E-state index contributed by atoms with van der Waals surface area (Å²) in [6.07, 6.45) is 2.86. The number of aryl methyl sites for hydroxylation is 1. The fourth-order valence-electron chi connectivity index (χ4n) is 2.58. The highest BCUT2D eigenvalue weighted by atomic mass is 15.3. The minimum Gasteiger partial charge on any atom is -0.370 e. The van der Waals surface area contributed by atoms with E-state index in [0.717, 1.165) is 61.4 Å². The molecule has 0 saturated carbocycles. The Balaban J connectivity index is 1.90. The van der Waals surface area contributed by atoms with Gasteiger partial charge in [0.2, 0.25) is 0 Å². The highest BCUT2D eigenvalue weighted by Gasteiger charge is 2.21. The molecule has 0 bridgehead atoms. The van der Waals surface area contributed by atoms with E-state index in [9.17, 15) is 0 Å². The molecule has 3 heterocycles. The minimum absolute atomic E-state index is 0.741. The zero-order chi connectivity index (χ0) is 14.8. The second-order valence-electron chi connectivity index (χ2n) is 5.36. The lowest BCUT2D eigenvalue weighted by Gasteiger charge is -2.29. The van der Waals surface area contributed by atoms with Gasteiger partial charge in [-0.3, -0.25) is 0 Å². The molecule has 1 aliphatic heterocycles. The first kappa shape index (κ1) is 13.8. The average molecular weight is 287 g/mol. The van der Waals surface area contributed by atoms with E-state index in [4.69, 9.17) is 0 Å². The van der Waals surface area contributed by atoms with Crippen molar-refractivity contribution in [3.8, 4) is 0 Å². The summed E-state index contributed by atoms with van der Waals surface area (Å²) >= 11 is 0. The summed E-state index contributed by atoms with van der Waals surface area (Å²) in [7, 11) is 0. The zero-order valence-electron chi connectivity index (χ0n) is 12.8. The summed E-state index contributed by atoms with van der Waals surface area (Å²) in [4.78, 5) is 11.4. The Morgan fingerprint density at radius 2 is 2.10 bits per heavy atom. The van der Waals surface area contributed by atoms with Crippen molar-refractivity contribution >= 4 is 11.6 Å². The molecule has 0 fully saturated rings. The molecule has 3 rings (SSSR count). The summed E-state index contributed by atoms with van der Waals surface area (Å²) in [5.74, 6) is 3.71. The highest BCUT2D eigenvalue weighted by Crippen LogP contribution is 2.26. The first-order valence-electron chi connectivity index (χ1n) is 7.39. The maximum atomic E-state index is 4.64. The summed E-state index contributed by atoms with van der Waals surface area (Å²) in [6.45, 7) is 9.63. The zero-order valence-corrected chi connectivity index (χ0v) is 12.8. The molecule has 0 saturated heterocycles. The van der Waals surface area contributed by atoms with Crippen LogP contribution in [0, 0.1) is 13.8 Å². The number of aromatic nitrogens is 5. The van der Waals surface area contributed by atoms with Crippen LogP contribution in [0.25, 0.3) is 0 Å². The lowest BCUT2D eigenvalue weighted by molar-refractivity contribution is 0.554. The normalized spacial score (nSPS) is 14.1. The van der Waals surface area contributed by atoms with Crippen LogP contribution in [0.1, 0.15) is 30.6 Å². The molecule has 0 radical (unpaired) electrons. The third kappa shape index (κ3) is 2.68. The molecule has 1 N–H and O–H groups in total. The molecule has 0 aliphatic carbocycles. The van der Waals surface area contributed by atoms with Gasteiger partial charge in [-0.05, 0) is 20.3 Å². The van der Waals surface area contributed by atoms with E-state index < -0.39 is 0 Å². The van der Waals surface area contributed by atoms with E-state index >= 15 is 0 Å². The molecule has 112 valence electrons. The maximum Gasteiger partial charge on any atom is 0.152 e. The second-order valence-corrected chi connectivity index (χ2v) is 5.36. The van der Waals surface area contributed by atoms with E-state index in [2.05, 4.69) is 48.8 Å². The third-order valence-corrected chi connectivity index (χ3v) is 3.71. The van der Waals surface area contributed by atoms with E-state index in [1.807, 2.05) is 6.92 Å². The molecular weight excluding hydrogens is 266 g/mol. The van der Waals surface area contributed by atoms with Gasteiger partial charge in [0, 0.05) is 25.2 Å². The van der Waals surface area contributed by atoms with Gasteiger partial charge >= 0.3 is 0 Å². The second kappa shape index (κ2) is 5.67. The molecule has 2 aromatic rings. The van der Waals surface area contributed by atoms with Gasteiger partial charge in [0.05, 0.1) is 6.54 Å². The van der Waals surface area contributed by atoms with Crippen LogP contribution in [0.2, 0.25) is 0 Å². The van der Waals surface area contributed by atoms with Crippen LogP contribution >= 0.6 is 0 Å². The van der Waals surface area contributed by atoms with Crippen molar-refractivity contribution in [2.45, 2.75) is 40.3 Å². The van der Waals surface area contributed by atoms with Crippen LogP contribution < -0.4 is 10.2 Å². The smallest absolute Gasteiger partial charge is 0.152 e. The molecule has 7 heteroatoms. The molecule has 0 spiro atoms. The first-order valence-corrected chi connectivity index (χ1v) is 7.39. The van der Waals surface area contributed by atoms with Crippen molar-refractivity contribution in [3.05, 3.63) is 23.5 Å². The van der Waals surface area contributed by atoms with Crippen molar-refractivity contribution in [2.24, 2.45) is 0 Å². The van der Waals surface area contributed by atoms with Gasteiger partial charge < -0.3 is 14.8 Å². The predicted molar refractivity (Wildman–Crippen MR) is 81.4 cm³/mol. The summed E-state index contributed by atoms with van der Waals surface area (Å²) in [5.41, 5.74) is 1.10. The van der Waals surface area contributed by atoms with Crippen molar-refractivity contribution in [1.29, 1.82) is 0 Å². The van der Waals surface area contributed by atoms with Gasteiger partial charge in [-0.1, -0.05) is 6.92 Å². The number of hydrogen-bond donors (Lipinski definition) is 1. The third-order valence-electron chi connectivity index (χ3n) is 3.71. The Morgan fingerprint density at radius 3 is 2.90 bits per heavy atom. The van der Waals surface area contributed by atoms with Crippen LogP contribution in [0.3, 0.4) is 0 Å². The monoisotopic (exact) mass is 287 g/mol. The average Bonchev–Trinajstić information content (AvgIpc) is 2.95. The Morgan fingerprint density at radius 1 is 1.24 bits per heavy atom. The number of hydrogen-bond acceptors (Lipinski definition) is 6. The molecule has 21 heavy (non-hydrogen) atoms. The Labute approximate surface area is 124 Å². The van der Waals surface area contributed by atoms with Gasteiger partial charge in [0.1, 0.15) is 23.8 Å². The number of nitrogens with zero attached hydrogens (tertiary/aromatic N) is 6. The first-order chi connectivity index (χ1) is 10.2. The van der Waals surface area contributed by atoms with Crippen LogP contribution in [-0.2, 0) is 13.1 Å². The van der Waals surface area contributed by atoms with Crippen molar-refractivity contribution in [2.75, 3.05) is 23.3 Å². The predicted octanol–water partition coefficient (Wildman–Crippen LogP) is 1.53. The SMILES string of the molecule is CCCNc1nc(C)nc(N2CCn3cnnc3C2)c1C. The number of nitrogens with one attached hydrogen (secondary N) is 1. The molecule has 0 atom stereocenters. The van der Waals surface area contributed by atoms with Crippen LogP contribution in [0.5, 0.6) is 0 Å². The molecule has 0 aromatic carbocycles. The summed E-state index contributed by atoms with van der Waals surface area (Å²) in [6, 6.07) is 0. The van der Waals surface area contributed by atoms with E-state index in [0.29, 0.717) is 0 Å². The quantitative estimate of drug-likeness (QED) is 0.919. The van der Waals surface area contributed by atoms with E-state index in [1.165, 1.54) is 0 Å². The molecule has 0 amide bonds. The Kier molecular flexibility index (Phi) is 3.72. The Bertz CT molecular complexity index is 634.